The van der Waals surface area contributed by atoms with Crippen molar-refractivity contribution in [3.8, 4) is 11.5 Å². The molecule has 6 heteroatoms. The van der Waals surface area contributed by atoms with Crippen LogP contribution in [0.2, 0.25) is 0 Å². The fourth-order valence-electron chi connectivity index (χ4n) is 3.77. The molecule has 2 aromatic rings. The van der Waals surface area contributed by atoms with E-state index in [-0.39, 0.29) is 18.8 Å². The van der Waals surface area contributed by atoms with Crippen LogP contribution in [-0.4, -0.2) is 46.0 Å². The fraction of sp³-hybridized carbons (Fsp3) is 0.526. The standard InChI is InChI=1S/C19H25N3O3/c1-3-19-20-12(2)15(21-19)9-22-7-6-14(16(23)10-22)13-4-5-17-18(8-13)25-11-24-17/h4-5,8,14,16,23H,3,6-7,9-11H2,1-2H3,(H,20,21)/t14-,16+/m0/s1. The molecule has 25 heavy (non-hydrogen) atoms. The summed E-state index contributed by atoms with van der Waals surface area (Å²) in [7, 11) is 0. The summed E-state index contributed by atoms with van der Waals surface area (Å²) in [6.45, 7) is 6.84. The second-order valence-electron chi connectivity index (χ2n) is 6.92. The zero-order valence-electron chi connectivity index (χ0n) is 14.8. The number of hydrogen-bond donors (Lipinski definition) is 2. The number of aliphatic hydroxyl groups excluding tert-OH is 1. The minimum absolute atomic E-state index is 0.136. The topological polar surface area (TPSA) is 70.6 Å². The summed E-state index contributed by atoms with van der Waals surface area (Å²) in [6, 6.07) is 6.00. The van der Waals surface area contributed by atoms with Gasteiger partial charge in [-0.25, -0.2) is 4.98 Å². The molecule has 1 saturated heterocycles. The number of aromatic amines is 1. The highest BCUT2D eigenvalue weighted by Crippen LogP contribution is 2.37. The van der Waals surface area contributed by atoms with Crippen molar-refractivity contribution in [3.63, 3.8) is 0 Å². The second-order valence-corrected chi connectivity index (χ2v) is 6.92. The van der Waals surface area contributed by atoms with Crippen molar-refractivity contribution in [1.82, 2.24) is 14.9 Å². The summed E-state index contributed by atoms with van der Waals surface area (Å²) in [5, 5.41) is 10.7. The van der Waals surface area contributed by atoms with Crippen LogP contribution >= 0.6 is 0 Å². The minimum atomic E-state index is -0.390. The molecule has 2 aliphatic rings. The van der Waals surface area contributed by atoms with E-state index in [0.29, 0.717) is 6.54 Å². The van der Waals surface area contributed by atoms with Crippen molar-refractivity contribution >= 4 is 0 Å². The summed E-state index contributed by atoms with van der Waals surface area (Å²) in [4.78, 5) is 10.3. The molecular formula is C19H25N3O3. The lowest BCUT2D eigenvalue weighted by Gasteiger charge is -2.36. The second kappa shape index (κ2) is 6.69. The Kier molecular flexibility index (Phi) is 4.39. The van der Waals surface area contributed by atoms with Crippen LogP contribution in [0.3, 0.4) is 0 Å². The largest absolute Gasteiger partial charge is 0.454 e. The van der Waals surface area contributed by atoms with Gasteiger partial charge in [-0.1, -0.05) is 13.0 Å². The Bertz CT molecular complexity index is 758. The predicted octanol–water partition coefficient (Wildman–Crippen LogP) is 2.36. The molecule has 0 bridgehead atoms. The highest BCUT2D eigenvalue weighted by molar-refractivity contribution is 5.45. The van der Waals surface area contributed by atoms with Gasteiger partial charge in [0.2, 0.25) is 6.79 Å². The molecule has 0 spiro atoms. The Morgan fingerprint density at radius 2 is 2.16 bits per heavy atom. The molecule has 4 rings (SSSR count). The Hall–Kier alpha value is -2.05. The first-order valence-electron chi connectivity index (χ1n) is 8.98. The van der Waals surface area contributed by atoms with Gasteiger partial charge in [0, 0.05) is 31.1 Å². The highest BCUT2D eigenvalue weighted by Gasteiger charge is 2.30. The summed E-state index contributed by atoms with van der Waals surface area (Å²) < 4.78 is 10.8. The zero-order chi connectivity index (χ0) is 17.4. The number of H-pyrrole nitrogens is 1. The molecule has 1 aromatic carbocycles. The van der Waals surface area contributed by atoms with Gasteiger partial charge in [0.15, 0.2) is 11.5 Å². The predicted molar refractivity (Wildman–Crippen MR) is 93.9 cm³/mol. The number of aryl methyl sites for hydroxylation is 2. The Morgan fingerprint density at radius 1 is 1.32 bits per heavy atom. The van der Waals surface area contributed by atoms with Crippen molar-refractivity contribution in [2.24, 2.45) is 0 Å². The quantitative estimate of drug-likeness (QED) is 0.892. The van der Waals surface area contributed by atoms with E-state index in [2.05, 4.69) is 28.7 Å². The lowest BCUT2D eigenvalue weighted by molar-refractivity contribution is 0.0470. The Labute approximate surface area is 147 Å². The average Bonchev–Trinajstić information content (AvgIpc) is 3.21. The SMILES string of the molecule is CCc1nc(CN2CC[C@@H](c3ccc4c(c3)OCO4)[C@H](O)C2)c(C)[nH]1. The van der Waals surface area contributed by atoms with Gasteiger partial charge in [-0.05, 0) is 37.6 Å². The first-order chi connectivity index (χ1) is 12.1. The normalized spacial score (nSPS) is 23.2. The van der Waals surface area contributed by atoms with E-state index in [1.807, 2.05) is 18.2 Å². The van der Waals surface area contributed by atoms with Gasteiger partial charge >= 0.3 is 0 Å². The summed E-state index contributed by atoms with van der Waals surface area (Å²) in [6.07, 6.45) is 1.44. The molecule has 0 saturated carbocycles. The van der Waals surface area contributed by atoms with Crippen LogP contribution in [0.1, 0.15) is 42.0 Å². The number of fused-ring (bicyclic) bond motifs is 1. The molecule has 1 fully saturated rings. The highest BCUT2D eigenvalue weighted by atomic mass is 16.7. The van der Waals surface area contributed by atoms with Gasteiger partial charge < -0.3 is 19.6 Å². The molecule has 0 unspecified atom stereocenters. The molecule has 0 amide bonds. The molecule has 6 nitrogen and oxygen atoms in total. The fourth-order valence-corrected chi connectivity index (χ4v) is 3.77. The van der Waals surface area contributed by atoms with E-state index in [4.69, 9.17) is 9.47 Å². The summed E-state index contributed by atoms with van der Waals surface area (Å²) >= 11 is 0. The van der Waals surface area contributed by atoms with Crippen LogP contribution in [0.4, 0.5) is 0 Å². The van der Waals surface area contributed by atoms with E-state index in [9.17, 15) is 5.11 Å². The van der Waals surface area contributed by atoms with Crippen LogP contribution in [0.5, 0.6) is 11.5 Å². The summed E-state index contributed by atoms with van der Waals surface area (Å²) in [5.41, 5.74) is 3.34. The van der Waals surface area contributed by atoms with E-state index in [1.54, 1.807) is 0 Å². The Morgan fingerprint density at radius 3 is 2.92 bits per heavy atom. The maximum absolute atomic E-state index is 10.7. The van der Waals surface area contributed by atoms with E-state index < -0.39 is 0 Å². The zero-order valence-corrected chi connectivity index (χ0v) is 14.8. The molecule has 3 heterocycles. The van der Waals surface area contributed by atoms with Crippen LogP contribution in [0.15, 0.2) is 18.2 Å². The van der Waals surface area contributed by atoms with E-state index in [1.165, 1.54) is 0 Å². The van der Waals surface area contributed by atoms with Crippen LogP contribution < -0.4 is 9.47 Å². The maximum Gasteiger partial charge on any atom is 0.231 e. The number of aromatic nitrogens is 2. The van der Waals surface area contributed by atoms with Gasteiger partial charge in [0.05, 0.1) is 11.8 Å². The Balaban J connectivity index is 1.42. The molecule has 134 valence electrons. The van der Waals surface area contributed by atoms with Crippen LogP contribution in [0.25, 0.3) is 0 Å². The number of rotatable bonds is 4. The maximum atomic E-state index is 10.7. The minimum Gasteiger partial charge on any atom is -0.454 e. The van der Waals surface area contributed by atoms with Crippen LogP contribution in [0, 0.1) is 6.92 Å². The first kappa shape index (κ1) is 16.4. The number of benzene rings is 1. The monoisotopic (exact) mass is 343 g/mol. The van der Waals surface area contributed by atoms with Crippen molar-refractivity contribution in [3.05, 3.63) is 41.0 Å². The molecule has 1 aromatic heterocycles. The van der Waals surface area contributed by atoms with Gasteiger partial charge in [-0.15, -0.1) is 0 Å². The number of likely N-dealkylation sites (tertiary alicyclic amines) is 1. The number of piperidine rings is 1. The lowest BCUT2D eigenvalue weighted by Crippen LogP contribution is -2.42. The van der Waals surface area contributed by atoms with Crippen molar-refractivity contribution < 1.29 is 14.6 Å². The van der Waals surface area contributed by atoms with Crippen LogP contribution in [-0.2, 0) is 13.0 Å². The average molecular weight is 343 g/mol. The first-order valence-corrected chi connectivity index (χ1v) is 8.98. The third-order valence-corrected chi connectivity index (χ3v) is 5.23. The number of aliphatic hydroxyl groups is 1. The molecule has 2 N–H and O–H groups in total. The van der Waals surface area contributed by atoms with E-state index >= 15 is 0 Å². The number of hydrogen-bond acceptors (Lipinski definition) is 5. The molecule has 0 radical (unpaired) electrons. The van der Waals surface area contributed by atoms with Crippen molar-refractivity contribution in [1.29, 1.82) is 0 Å². The third-order valence-electron chi connectivity index (χ3n) is 5.23. The van der Waals surface area contributed by atoms with Gasteiger partial charge in [0.1, 0.15) is 5.82 Å². The van der Waals surface area contributed by atoms with E-state index in [0.717, 1.165) is 60.2 Å². The number of β-amino-alcohol motifs (C(OH)–C–C–N with tert-alkyl or cyclic N) is 1. The van der Waals surface area contributed by atoms with Crippen molar-refractivity contribution in [2.45, 2.75) is 45.3 Å². The number of nitrogens with one attached hydrogen (secondary N) is 1. The molecule has 2 aliphatic heterocycles. The summed E-state index contributed by atoms with van der Waals surface area (Å²) in [5.74, 6) is 2.74. The lowest BCUT2D eigenvalue weighted by atomic mass is 9.87. The molecular weight excluding hydrogens is 318 g/mol. The number of imidazole rings is 1. The van der Waals surface area contributed by atoms with Gasteiger partial charge in [-0.2, -0.15) is 0 Å². The third kappa shape index (κ3) is 3.24. The van der Waals surface area contributed by atoms with Crippen molar-refractivity contribution in [2.75, 3.05) is 19.9 Å². The number of ether oxygens (including phenoxy) is 2. The smallest absolute Gasteiger partial charge is 0.231 e. The van der Waals surface area contributed by atoms with Gasteiger partial charge in [-0.3, -0.25) is 4.90 Å². The molecule has 2 atom stereocenters. The van der Waals surface area contributed by atoms with Gasteiger partial charge in [0.25, 0.3) is 0 Å². The number of nitrogens with zero attached hydrogens (tertiary/aromatic N) is 2. The molecule has 0 aliphatic carbocycles.